The number of carboxylic acids is 1. The third-order valence-electron chi connectivity index (χ3n) is 4.79. The average molecular weight is 315 g/mol. The van der Waals surface area contributed by atoms with Crippen LogP contribution >= 0.6 is 0 Å². The highest BCUT2D eigenvalue weighted by Crippen LogP contribution is 2.22. The fraction of sp³-hybridized carbons (Fsp3) is 0.947. The summed E-state index contributed by atoms with van der Waals surface area (Å²) in [6.45, 7) is 10.7. The van der Waals surface area contributed by atoms with Gasteiger partial charge in [0.2, 0.25) is 0 Å². The Labute approximate surface area is 137 Å². The number of aliphatic hydroxyl groups excluding tert-OH is 1. The molecule has 3 heteroatoms. The Balaban J connectivity index is 3.68. The van der Waals surface area contributed by atoms with Crippen molar-refractivity contribution in [2.24, 2.45) is 23.7 Å². The van der Waals surface area contributed by atoms with Gasteiger partial charge in [-0.3, -0.25) is 4.79 Å². The van der Waals surface area contributed by atoms with Crippen LogP contribution in [0, 0.1) is 23.7 Å². The van der Waals surface area contributed by atoms with Crippen molar-refractivity contribution in [3.8, 4) is 0 Å². The minimum atomic E-state index is -0.907. The molecule has 3 nitrogen and oxygen atoms in total. The highest BCUT2D eigenvalue weighted by atomic mass is 16.4. The molecule has 0 aromatic carbocycles. The highest BCUT2D eigenvalue weighted by molar-refractivity contribution is 5.70. The molecule has 0 aromatic rings. The predicted molar refractivity (Wildman–Crippen MR) is 92.9 cm³/mol. The van der Waals surface area contributed by atoms with Gasteiger partial charge < -0.3 is 10.2 Å². The first-order valence-corrected chi connectivity index (χ1v) is 9.14. The minimum absolute atomic E-state index is 0.568. The molecular formula is C19H38O3. The number of aliphatic hydroxyl groups is 1. The summed E-state index contributed by atoms with van der Waals surface area (Å²) in [6.07, 6.45) is 8.53. The van der Waals surface area contributed by atoms with Gasteiger partial charge >= 0.3 is 5.97 Å². The molecule has 0 aliphatic carbocycles. The number of hydrogen-bond acceptors (Lipinski definition) is 2. The van der Waals surface area contributed by atoms with E-state index >= 15 is 0 Å². The number of carboxylic acid groups (broad SMARTS) is 1. The summed E-state index contributed by atoms with van der Waals surface area (Å²) in [5.41, 5.74) is 0. The van der Waals surface area contributed by atoms with Crippen molar-refractivity contribution >= 4 is 5.97 Å². The number of aliphatic carboxylic acids is 1. The van der Waals surface area contributed by atoms with Gasteiger partial charge in [0.15, 0.2) is 0 Å². The first-order chi connectivity index (χ1) is 10.2. The van der Waals surface area contributed by atoms with E-state index in [4.69, 9.17) is 5.11 Å². The van der Waals surface area contributed by atoms with Gasteiger partial charge in [0.05, 0.1) is 12.0 Å². The van der Waals surface area contributed by atoms with Crippen molar-refractivity contribution in [1.82, 2.24) is 0 Å². The fourth-order valence-electron chi connectivity index (χ4n) is 2.85. The van der Waals surface area contributed by atoms with Crippen LogP contribution in [0.1, 0.15) is 86.0 Å². The van der Waals surface area contributed by atoms with E-state index in [0.717, 1.165) is 18.3 Å². The number of rotatable bonds is 13. The van der Waals surface area contributed by atoms with Crippen molar-refractivity contribution in [1.29, 1.82) is 0 Å². The van der Waals surface area contributed by atoms with Crippen LogP contribution in [-0.2, 0) is 4.79 Å². The van der Waals surface area contributed by atoms with Gasteiger partial charge in [-0.1, -0.05) is 66.2 Å². The zero-order valence-electron chi connectivity index (χ0n) is 15.3. The fourth-order valence-corrected chi connectivity index (χ4v) is 2.85. The Morgan fingerprint density at radius 3 is 1.68 bits per heavy atom. The van der Waals surface area contributed by atoms with Crippen molar-refractivity contribution < 1.29 is 15.0 Å². The van der Waals surface area contributed by atoms with Gasteiger partial charge in [-0.25, -0.2) is 0 Å². The van der Waals surface area contributed by atoms with E-state index in [1.54, 1.807) is 6.92 Å². The van der Waals surface area contributed by atoms with E-state index in [0.29, 0.717) is 12.3 Å². The van der Waals surface area contributed by atoms with Crippen LogP contribution in [0.5, 0.6) is 0 Å². The maximum atomic E-state index is 10.8. The summed E-state index contributed by atoms with van der Waals surface area (Å²) in [4.78, 5) is 10.8. The summed E-state index contributed by atoms with van der Waals surface area (Å²) in [5, 5.41) is 18.7. The second-order valence-electron chi connectivity index (χ2n) is 7.74. The minimum Gasteiger partial charge on any atom is -0.481 e. The Morgan fingerprint density at radius 1 is 0.773 bits per heavy atom. The molecule has 4 atom stereocenters. The molecule has 0 aromatic heterocycles. The van der Waals surface area contributed by atoms with Gasteiger partial charge in [0.25, 0.3) is 0 Å². The normalized spacial score (nSPS) is 17.2. The molecule has 4 unspecified atom stereocenters. The molecule has 0 rings (SSSR count). The molecule has 0 bridgehead atoms. The highest BCUT2D eigenvalue weighted by Gasteiger charge is 2.21. The summed E-state index contributed by atoms with van der Waals surface area (Å²) in [7, 11) is 0. The molecule has 0 heterocycles. The summed E-state index contributed by atoms with van der Waals surface area (Å²) in [6, 6.07) is 0. The zero-order chi connectivity index (χ0) is 17.1. The monoisotopic (exact) mass is 314 g/mol. The lowest BCUT2D eigenvalue weighted by Gasteiger charge is -2.18. The van der Waals surface area contributed by atoms with Crippen LogP contribution in [0.25, 0.3) is 0 Å². The molecule has 0 spiro atoms. The second kappa shape index (κ2) is 11.9. The topological polar surface area (TPSA) is 57.5 Å². The van der Waals surface area contributed by atoms with Gasteiger partial charge in [0.1, 0.15) is 0 Å². The van der Waals surface area contributed by atoms with Crippen LogP contribution in [0.4, 0.5) is 0 Å². The lowest BCUT2D eigenvalue weighted by molar-refractivity contribution is -0.145. The maximum absolute atomic E-state index is 10.8. The smallest absolute Gasteiger partial charge is 0.308 e. The molecule has 0 aliphatic heterocycles. The van der Waals surface area contributed by atoms with E-state index in [2.05, 4.69) is 27.7 Å². The van der Waals surface area contributed by atoms with Crippen molar-refractivity contribution in [2.75, 3.05) is 0 Å². The van der Waals surface area contributed by atoms with Gasteiger partial charge in [-0.15, -0.1) is 0 Å². The lowest BCUT2D eigenvalue weighted by Crippen LogP contribution is -2.25. The van der Waals surface area contributed by atoms with Crippen molar-refractivity contribution in [3.63, 3.8) is 0 Å². The Hall–Kier alpha value is -0.570. The second-order valence-corrected chi connectivity index (χ2v) is 7.74. The average Bonchev–Trinajstić information content (AvgIpc) is 2.43. The SMILES string of the molecule is CC(C)CCCC(C)CCCC(C)CCC(O)C(C)C(=O)O. The number of carbonyl (C=O) groups is 1. The molecule has 0 fully saturated rings. The van der Waals surface area contributed by atoms with Crippen LogP contribution in [0.15, 0.2) is 0 Å². The Bertz CT molecular complexity index is 288. The molecule has 0 saturated carbocycles. The molecule has 2 N–H and O–H groups in total. The third-order valence-corrected chi connectivity index (χ3v) is 4.79. The van der Waals surface area contributed by atoms with Crippen molar-refractivity contribution in [2.45, 2.75) is 92.1 Å². The molecule has 22 heavy (non-hydrogen) atoms. The van der Waals surface area contributed by atoms with E-state index in [1.807, 2.05) is 0 Å². The summed E-state index contributed by atoms with van der Waals surface area (Å²) < 4.78 is 0. The van der Waals surface area contributed by atoms with Crippen LogP contribution in [0.2, 0.25) is 0 Å². The summed E-state index contributed by atoms with van der Waals surface area (Å²) >= 11 is 0. The molecule has 0 saturated heterocycles. The van der Waals surface area contributed by atoms with Crippen LogP contribution in [0.3, 0.4) is 0 Å². The van der Waals surface area contributed by atoms with Gasteiger partial charge in [-0.2, -0.15) is 0 Å². The first kappa shape index (κ1) is 21.4. The molecule has 0 amide bonds. The third kappa shape index (κ3) is 11.1. The quantitative estimate of drug-likeness (QED) is 0.496. The van der Waals surface area contributed by atoms with E-state index in [-0.39, 0.29) is 0 Å². The zero-order valence-corrected chi connectivity index (χ0v) is 15.3. The lowest BCUT2D eigenvalue weighted by atomic mass is 9.90. The predicted octanol–water partition coefficient (Wildman–Crippen LogP) is 5.12. The first-order valence-electron chi connectivity index (χ1n) is 9.14. The van der Waals surface area contributed by atoms with Gasteiger partial charge in [-0.05, 0) is 37.5 Å². The number of hydrogen-bond donors (Lipinski definition) is 2. The molecule has 132 valence electrons. The standard InChI is InChI=1S/C19H38O3/c1-14(2)8-6-9-15(3)10-7-11-16(4)12-13-18(20)17(5)19(21)22/h14-18,20H,6-13H2,1-5H3,(H,21,22). The van der Waals surface area contributed by atoms with Crippen LogP contribution < -0.4 is 0 Å². The Morgan fingerprint density at radius 2 is 1.23 bits per heavy atom. The Kier molecular flexibility index (Phi) is 11.6. The maximum Gasteiger partial charge on any atom is 0.308 e. The summed E-state index contributed by atoms with van der Waals surface area (Å²) in [5.74, 6) is 0.623. The molecule has 0 radical (unpaired) electrons. The van der Waals surface area contributed by atoms with Gasteiger partial charge in [0, 0.05) is 0 Å². The van der Waals surface area contributed by atoms with E-state index in [9.17, 15) is 9.90 Å². The van der Waals surface area contributed by atoms with Crippen LogP contribution in [-0.4, -0.2) is 22.3 Å². The largest absolute Gasteiger partial charge is 0.481 e. The molecular weight excluding hydrogens is 276 g/mol. The molecule has 0 aliphatic rings. The van der Waals surface area contributed by atoms with E-state index in [1.165, 1.54) is 38.5 Å². The van der Waals surface area contributed by atoms with Crippen molar-refractivity contribution in [3.05, 3.63) is 0 Å². The van der Waals surface area contributed by atoms with E-state index < -0.39 is 18.0 Å².